The average Bonchev–Trinajstić information content (AvgIpc) is 2.71. The van der Waals surface area contributed by atoms with Gasteiger partial charge in [0.15, 0.2) is 0 Å². The first-order valence-electron chi connectivity index (χ1n) is 5.83. The van der Waals surface area contributed by atoms with Crippen LogP contribution in [0.4, 0.5) is 0 Å². The minimum atomic E-state index is -0.395. The molecule has 2 rings (SSSR count). The van der Waals surface area contributed by atoms with Crippen LogP contribution in [0.2, 0.25) is 0 Å². The molecule has 2 N–H and O–H groups in total. The number of nitrogens with zero attached hydrogens (tertiary/aromatic N) is 1. The molecule has 96 valence electrons. The summed E-state index contributed by atoms with van der Waals surface area (Å²) in [6.07, 6.45) is 0.232. The Balaban J connectivity index is 2.14. The fourth-order valence-electron chi connectivity index (χ4n) is 2.22. The number of rotatable bonds is 3. The van der Waals surface area contributed by atoms with Gasteiger partial charge in [0.1, 0.15) is 0 Å². The van der Waals surface area contributed by atoms with E-state index in [0.717, 1.165) is 10.0 Å². The van der Waals surface area contributed by atoms with Gasteiger partial charge in [0.2, 0.25) is 11.8 Å². The second-order valence-electron chi connectivity index (χ2n) is 4.58. The Morgan fingerprint density at radius 1 is 1.44 bits per heavy atom. The maximum atomic E-state index is 11.9. The van der Waals surface area contributed by atoms with E-state index in [0.29, 0.717) is 6.54 Å². The van der Waals surface area contributed by atoms with E-state index in [9.17, 15) is 9.59 Å². The van der Waals surface area contributed by atoms with E-state index >= 15 is 0 Å². The SMILES string of the molecule is CC(c1ccc(Br)cc1)N1CC(C(N)=O)CC1=O. The maximum absolute atomic E-state index is 11.9. The summed E-state index contributed by atoms with van der Waals surface area (Å²) in [7, 11) is 0. The molecule has 0 aromatic heterocycles. The third-order valence-corrected chi connectivity index (χ3v) is 3.91. The molecule has 2 atom stereocenters. The van der Waals surface area contributed by atoms with E-state index in [2.05, 4.69) is 15.9 Å². The molecule has 1 saturated heterocycles. The van der Waals surface area contributed by atoms with Crippen LogP contribution in [-0.2, 0) is 9.59 Å². The van der Waals surface area contributed by atoms with Crippen LogP contribution >= 0.6 is 15.9 Å². The van der Waals surface area contributed by atoms with Gasteiger partial charge in [-0.3, -0.25) is 9.59 Å². The number of hydrogen-bond donors (Lipinski definition) is 1. The Bertz CT molecular complexity index is 472. The molecule has 0 spiro atoms. The number of halogens is 1. The summed E-state index contributed by atoms with van der Waals surface area (Å²) in [5, 5.41) is 0. The Kier molecular flexibility index (Phi) is 3.71. The molecule has 0 bridgehead atoms. The quantitative estimate of drug-likeness (QED) is 0.926. The normalized spacial score (nSPS) is 21.1. The third kappa shape index (κ3) is 2.56. The van der Waals surface area contributed by atoms with Crippen molar-refractivity contribution >= 4 is 27.7 Å². The molecule has 0 saturated carbocycles. The van der Waals surface area contributed by atoms with Crippen molar-refractivity contribution in [2.45, 2.75) is 19.4 Å². The highest BCUT2D eigenvalue weighted by Gasteiger charge is 2.35. The molecule has 1 aromatic carbocycles. The van der Waals surface area contributed by atoms with Gasteiger partial charge in [0.25, 0.3) is 0 Å². The van der Waals surface area contributed by atoms with Gasteiger partial charge < -0.3 is 10.6 Å². The fourth-order valence-corrected chi connectivity index (χ4v) is 2.48. The van der Waals surface area contributed by atoms with Gasteiger partial charge in [0.05, 0.1) is 12.0 Å². The summed E-state index contributed by atoms with van der Waals surface area (Å²) in [6, 6.07) is 7.80. The van der Waals surface area contributed by atoms with E-state index < -0.39 is 5.91 Å². The second kappa shape index (κ2) is 5.10. The van der Waals surface area contributed by atoms with Crippen LogP contribution in [0.3, 0.4) is 0 Å². The zero-order chi connectivity index (χ0) is 13.3. The summed E-state index contributed by atoms with van der Waals surface area (Å²) in [4.78, 5) is 24.7. The minimum Gasteiger partial charge on any atom is -0.369 e. The van der Waals surface area contributed by atoms with Crippen molar-refractivity contribution in [1.82, 2.24) is 4.90 Å². The van der Waals surface area contributed by atoms with Crippen LogP contribution in [0.5, 0.6) is 0 Å². The molecule has 2 amide bonds. The molecule has 0 aliphatic carbocycles. The Labute approximate surface area is 114 Å². The van der Waals surface area contributed by atoms with Gasteiger partial charge in [-0.2, -0.15) is 0 Å². The highest BCUT2D eigenvalue weighted by atomic mass is 79.9. The summed E-state index contributed by atoms with van der Waals surface area (Å²) in [5.41, 5.74) is 6.31. The molecule has 0 radical (unpaired) electrons. The lowest BCUT2D eigenvalue weighted by molar-refractivity contribution is -0.130. The number of amides is 2. The van der Waals surface area contributed by atoms with Gasteiger partial charge in [-0.25, -0.2) is 0 Å². The van der Waals surface area contributed by atoms with Gasteiger partial charge in [-0.1, -0.05) is 28.1 Å². The van der Waals surface area contributed by atoms with Gasteiger partial charge in [-0.05, 0) is 24.6 Å². The predicted octanol–water partition coefficient (Wildman–Crippen LogP) is 1.84. The first kappa shape index (κ1) is 13.1. The molecule has 1 aliphatic rings. The molecular weight excluding hydrogens is 296 g/mol. The highest BCUT2D eigenvalue weighted by molar-refractivity contribution is 9.10. The number of benzene rings is 1. The topological polar surface area (TPSA) is 63.4 Å². The van der Waals surface area contributed by atoms with E-state index in [1.807, 2.05) is 31.2 Å². The van der Waals surface area contributed by atoms with E-state index in [1.165, 1.54) is 0 Å². The molecule has 2 unspecified atom stereocenters. The summed E-state index contributed by atoms with van der Waals surface area (Å²) in [6.45, 7) is 2.38. The van der Waals surface area contributed by atoms with Gasteiger partial charge in [0, 0.05) is 17.4 Å². The molecule has 1 aliphatic heterocycles. The monoisotopic (exact) mass is 310 g/mol. The second-order valence-corrected chi connectivity index (χ2v) is 5.49. The molecule has 5 heteroatoms. The van der Waals surface area contributed by atoms with Gasteiger partial charge in [-0.15, -0.1) is 0 Å². The van der Waals surface area contributed by atoms with Crippen LogP contribution in [-0.4, -0.2) is 23.3 Å². The molecule has 1 heterocycles. The van der Waals surface area contributed by atoms with Crippen LogP contribution in [0.1, 0.15) is 24.9 Å². The molecule has 1 aromatic rings. The highest BCUT2D eigenvalue weighted by Crippen LogP contribution is 2.28. The van der Waals surface area contributed by atoms with Crippen molar-refractivity contribution < 1.29 is 9.59 Å². The lowest BCUT2D eigenvalue weighted by Crippen LogP contribution is -2.30. The summed E-state index contributed by atoms with van der Waals surface area (Å²) in [5.74, 6) is -0.751. The number of carbonyl (C=O) groups excluding carboxylic acids is 2. The Morgan fingerprint density at radius 2 is 2.06 bits per heavy atom. The first-order chi connectivity index (χ1) is 8.49. The van der Waals surface area contributed by atoms with Gasteiger partial charge >= 0.3 is 0 Å². The summed E-state index contributed by atoms with van der Waals surface area (Å²) >= 11 is 3.38. The number of likely N-dealkylation sites (tertiary alicyclic amines) is 1. The lowest BCUT2D eigenvalue weighted by Gasteiger charge is -2.25. The van der Waals surface area contributed by atoms with Crippen LogP contribution in [0, 0.1) is 5.92 Å². The van der Waals surface area contributed by atoms with Crippen molar-refractivity contribution in [1.29, 1.82) is 0 Å². The smallest absolute Gasteiger partial charge is 0.223 e. The number of nitrogens with two attached hydrogens (primary N) is 1. The average molecular weight is 311 g/mol. The van der Waals surface area contributed by atoms with Crippen molar-refractivity contribution in [3.8, 4) is 0 Å². The zero-order valence-corrected chi connectivity index (χ0v) is 11.7. The number of primary amides is 1. The Morgan fingerprint density at radius 3 is 2.56 bits per heavy atom. The fraction of sp³-hybridized carbons (Fsp3) is 0.385. The van der Waals surface area contributed by atoms with Crippen LogP contribution in [0.15, 0.2) is 28.7 Å². The van der Waals surface area contributed by atoms with Crippen LogP contribution < -0.4 is 5.73 Å². The maximum Gasteiger partial charge on any atom is 0.223 e. The molecule has 18 heavy (non-hydrogen) atoms. The Hall–Kier alpha value is -1.36. The number of carbonyl (C=O) groups is 2. The molecule has 1 fully saturated rings. The summed E-state index contributed by atoms with van der Waals surface area (Å²) < 4.78 is 1.00. The van der Waals surface area contributed by atoms with E-state index in [-0.39, 0.29) is 24.3 Å². The van der Waals surface area contributed by atoms with Crippen molar-refractivity contribution in [2.75, 3.05) is 6.54 Å². The largest absolute Gasteiger partial charge is 0.369 e. The van der Waals surface area contributed by atoms with Crippen molar-refractivity contribution in [3.05, 3.63) is 34.3 Å². The lowest BCUT2D eigenvalue weighted by atomic mass is 10.1. The van der Waals surface area contributed by atoms with E-state index in [4.69, 9.17) is 5.73 Å². The first-order valence-corrected chi connectivity index (χ1v) is 6.62. The predicted molar refractivity (Wildman–Crippen MR) is 71.6 cm³/mol. The van der Waals surface area contributed by atoms with Crippen LogP contribution in [0.25, 0.3) is 0 Å². The third-order valence-electron chi connectivity index (χ3n) is 3.38. The zero-order valence-electron chi connectivity index (χ0n) is 10.1. The van der Waals surface area contributed by atoms with Crippen molar-refractivity contribution in [3.63, 3.8) is 0 Å². The standard InChI is InChI=1S/C13H15BrN2O2/c1-8(9-2-4-11(14)5-3-9)16-7-10(13(15)18)6-12(16)17/h2-5,8,10H,6-7H2,1H3,(H2,15,18). The molecular formula is C13H15BrN2O2. The van der Waals surface area contributed by atoms with E-state index in [1.54, 1.807) is 4.90 Å². The molecule has 4 nitrogen and oxygen atoms in total. The number of hydrogen-bond acceptors (Lipinski definition) is 2. The minimum absolute atomic E-state index is 0.00535. The van der Waals surface area contributed by atoms with Crippen molar-refractivity contribution in [2.24, 2.45) is 11.7 Å².